The summed E-state index contributed by atoms with van der Waals surface area (Å²) >= 11 is 0. The predicted octanol–water partition coefficient (Wildman–Crippen LogP) is 1.45. The molecule has 1 heterocycles. The number of imidazole rings is 1. The summed E-state index contributed by atoms with van der Waals surface area (Å²) < 4.78 is 1.96. The Morgan fingerprint density at radius 1 is 1.33 bits per heavy atom. The normalized spacial score (nSPS) is 10.9. The summed E-state index contributed by atoms with van der Waals surface area (Å²) in [5.41, 5.74) is 2.90. The second-order valence-electron chi connectivity index (χ2n) is 5.40. The quantitative estimate of drug-likeness (QED) is 0.874. The summed E-state index contributed by atoms with van der Waals surface area (Å²) in [6.07, 6.45) is 4.37. The van der Waals surface area contributed by atoms with Gasteiger partial charge >= 0.3 is 0 Å². The largest absolute Gasteiger partial charge is 0.352 e. The molecule has 5 heteroatoms. The van der Waals surface area contributed by atoms with Gasteiger partial charge in [0.15, 0.2) is 0 Å². The highest BCUT2D eigenvalue weighted by molar-refractivity contribution is 5.95. The number of hydrogen-bond acceptors (Lipinski definition) is 3. The van der Waals surface area contributed by atoms with Crippen molar-refractivity contribution in [1.29, 1.82) is 0 Å². The summed E-state index contributed by atoms with van der Waals surface area (Å²) in [7, 11) is 5.95. The Morgan fingerprint density at radius 2 is 2.10 bits per heavy atom. The molecule has 0 aliphatic heterocycles. The summed E-state index contributed by atoms with van der Waals surface area (Å²) in [5, 5.41) is 2.98. The summed E-state index contributed by atoms with van der Waals surface area (Å²) in [4.78, 5) is 18.4. The topological polar surface area (TPSA) is 50.2 Å². The number of carbonyl (C=O) groups excluding carboxylic acids is 1. The molecule has 0 atom stereocenters. The number of amides is 1. The fraction of sp³-hybridized carbons (Fsp3) is 0.375. The van der Waals surface area contributed by atoms with Gasteiger partial charge in [-0.2, -0.15) is 0 Å². The standard InChI is InChI=1S/C16H22N4O/c1-19(2)11-13-6-4-5-7-15(13)16(21)18-9-8-14-10-17-12-20(14)3/h4-7,10,12H,8-9,11H2,1-3H3,(H,18,21). The second kappa shape index (κ2) is 7.04. The van der Waals surface area contributed by atoms with Gasteiger partial charge in [-0.05, 0) is 25.7 Å². The number of hydrogen-bond donors (Lipinski definition) is 1. The minimum Gasteiger partial charge on any atom is -0.352 e. The molecule has 1 aromatic heterocycles. The lowest BCUT2D eigenvalue weighted by Gasteiger charge is -2.14. The molecule has 0 aliphatic carbocycles. The van der Waals surface area contributed by atoms with Gasteiger partial charge < -0.3 is 14.8 Å². The smallest absolute Gasteiger partial charge is 0.251 e. The first kappa shape index (κ1) is 15.3. The Hall–Kier alpha value is -2.14. The number of rotatable bonds is 6. The van der Waals surface area contributed by atoms with Crippen molar-refractivity contribution in [3.63, 3.8) is 0 Å². The van der Waals surface area contributed by atoms with Crippen LogP contribution in [0.5, 0.6) is 0 Å². The maximum absolute atomic E-state index is 12.3. The molecule has 21 heavy (non-hydrogen) atoms. The Labute approximate surface area is 125 Å². The van der Waals surface area contributed by atoms with Crippen LogP contribution in [-0.4, -0.2) is 41.0 Å². The molecule has 0 unspecified atom stereocenters. The second-order valence-corrected chi connectivity index (χ2v) is 5.40. The van der Waals surface area contributed by atoms with Gasteiger partial charge in [-0.1, -0.05) is 18.2 Å². The number of aryl methyl sites for hydroxylation is 1. The first-order valence-electron chi connectivity index (χ1n) is 7.04. The molecule has 112 valence electrons. The van der Waals surface area contributed by atoms with Crippen molar-refractivity contribution in [2.75, 3.05) is 20.6 Å². The van der Waals surface area contributed by atoms with Crippen molar-refractivity contribution < 1.29 is 4.79 Å². The van der Waals surface area contributed by atoms with Gasteiger partial charge in [0.05, 0.1) is 6.33 Å². The molecule has 0 bridgehead atoms. The predicted molar refractivity (Wildman–Crippen MR) is 83.1 cm³/mol. The maximum atomic E-state index is 12.3. The van der Waals surface area contributed by atoms with E-state index in [0.717, 1.165) is 29.8 Å². The third-order valence-electron chi connectivity index (χ3n) is 3.33. The lowest BCUT2D eigenvalue weighted by molar-refractivity contribution is 0.0952. The molecular weight excluding hydrogens is 264 g/mol. The van der Waals surface area contributed by atoms with Crippen LogP contribution in [0.25, 0.3) is 0 Å². The van der Waals surface area contributed by atoms with Crippen molar-refractivity contribution in [3.05, 3.63) is 53.6 Å². The molecule has 1 N–H and O–H groups in total. The minimum atomic E-state index is -0.0189. The van der Waals surface area contributed by atoms with Gasteiger partial charge in [-0.25, -0.2) is 4.98 Å². The highest BCUT2D eigenvalue weighted by Gasteiger charge is 2.11. The monoisotopic (exact) mass is 286 g/mol. The molecule has 2 aromatic rings. The van der Waals surface area contributed by atoms with Crippen LogP contribution >= 0.6 is 0 Å². The van der Waals surface area contributed by atoms with Crippen LogP contribution in [0.15, 0.2) is 36.8 Å². The van der Waals surface area contributed by atoms with Crippen LogP contribution in [0.1, 0.15) is 21.6 Å². The summed E-state index contributed by atoms with van der Waals surface area (Å²) in [6, 6.07) is 7.73. The Bertz CT molecular complexity index is 604. The Balaban J connectivity index is 1.96. The van der Waals surface area contributed by atoms with Crippen LogP contribution in [0.4, 0.5) is 0 Å². The molecule has 0 aliphatic rings. The first-order chi connectivity index (χ1) is 10.1. The average Bonchev–Trinajstić information content (AvgIpc) is 2.84. The van der Waals surface area contributed by atoms with Crippen molar-refractivity contribution >= 4 is 5.91 Å². The van der Waals surface area contributed by atoms with Gasteiger partial charge in [-0.15, -0.1) is 0 Å². The molecule has 1 aromatic carbocycles. The van der Waals surface area contributed by atoms with Crippen LogP contribution in [0.2, 0.25) is 0 Å². The highest BCUT2D eigenvalue weighted by Crippen LogP contribution is 2.10. The molecule has 0 radical (unpaired) electrons. The molecule has 0 fully saturated rings. The van der Waals surface area contributed by atoms with Gasteiger partial charge in [0.1, 0.15) is 0 Å². The summed E-state index contributed by atoms with van der Waals surface area (Å²) in [6.45, 7) is 1.36. The minimum absolute atomic E-state index is 0.0189. The van der Waals surface area contributed by atoms with Crippen molar-refractivity contribution in [2.24, 2.45) is 7.05 Å². The van der Waals surface area contributed by atoms with E-state index in [9.17, 15) is 4.79 Å². The Kier molecular flexibility index (Phi) is 5.11. The Morgan fingerprint density at radius 3 is 2.76 bits per heavy atom. The molecule has 2 rings (SSSR count). The number of carbonyl (C=O) groups is 1. The fourth-order valence-corrected chi connectivity index (χ4v) is 2.25. The SMILES string of the molecule is CN(C)Cc1ccccc1C(=O)NCCc1cncn1C. The van der Waals surface area contributed by atoms with Gasteiger partial charge in [-0.3, -0.25) is 4.79 Å². The molecule has 0 saturated carbocycles. The van der Waals surface area contributed by atoms with E-state index in [-0.39, 0.29) is 5.91 Å². The third-order valence-corrected chi connectivity index (χ3v) is 3.33. The van der Waals surface area contributed by atoms with E-state index in [1.165, 1.54) is 0 Å². The van der Waals surface area contributed by atoms with E-state index in [4.69, 9.17) is 0 Å². The molecule has 1 amide bonds. The van der Waals surface area contributed by atoms with E-state index >= 15 is 0 Å². The lowest BCUT2D eigenvalue weighted by atomic mass is 10.1. The van der Waals surface area contributed by atoms with Crippen molar-refractivity contribution in [1.82, 2.24) is 19.8 Å². The van der Waals surface area contributed by atoms with E-state index in [0.29, 0.717) is 6.54 Å². The number of aromatic nitrogens is 2. The van der Waals surface area contributed by atoms with Gasteiger partial charge in [0.25, 0.3) is 5.91 Å². The van der Waals surface area contributed by atoms with E-state index < -0.39 is 0 Å². The highest BCUT2D eigenvalue weighted by atomic mass is 16.1. The number of benzene rings is 1. The number of nitrogens with one attached hydrogen (secondary N) is 1. The van der Waals surface area contributed by atoms with Crippen molar-refractivity contribution in [2.45, 2.75) is 13.0 Å². The summed E-state index contributed by atoms with van der Waals surface area (Å²) in [5.74, 6) is -0.0189. The van der Waals surface area contributed by atoms with E-state index in [1.54, 1.807) is 6.33 Å². The van der Waals surface area contributed by atoms with Crippen molar-refractivity contribution in [3.8, 4) is 0 Å². The van der Waals surface area contributed by atoms with Crippen LogP contribution in [-0.2, 0) is 20.0 Å². The zero-order valence-corrected chi connectivity index (χ0v) is 12.8. The molecular formula is C16H22N4O. The van der Waals surface area contributed by atoms with Crippen LogP contribution < -0.4 is 5.32 Å². The number of nitrogens with zero attached hydrogens (tertiary/aromatic N) is 3. The molecule has 5 nitrogen and oxygen atoms in total. The van der Waals surface area contributed by atoms with E-state index in [2.05, 4.69) is 15.2 Å². The first-order valence-corrected chi connectivity index (χ1v) is 7.04. The molecule has 0 saturated heterocycles. The van der Waals surface area contributed by atoms with Crippen LogP contribution in [0, 0.1) is 0 Å². The average molecular weight is 286 g/mol. The van der Waals surface area contributed by atoms with Gasteiger partial charge in [0, 0.05) is 44.0 Å². The lowest BCUT2D eigenvalue weighted by Crippen LogP contribution is -2.27. The van der Waals surface area contributed by atoms with E-state index in [1.807, 2.05) is 56.2 Å². The fourth-order valence-electron chi connectivity index (χ4n) is 2.25. The zero-order valence-electron chi connectivity index (χ0n) is 12.8. The third kappa shape index (κ3) is 4.16. The zero-order chi connectivity index (χ0) is 15.2. The maximum Gasteiger partial charge on any atom is 0.251 e. The van der Waals surface area contributed by atoms with Crippen LogP contribution in [0.3, 0.4) is 0 Å². The van der Waals surface area contributed by atoms with Gasteiger partial charge in [0.2, 0.25) is 0 Å². The molecule has 0 spiro atoms.